The number of rotatable bonds is 6. The van der Waals surface area contributed by atoms with Crippen LogP contribution in [0, 0.1) is 5.92 Å². The molecule has 2 N–H and O–H groups in total. The van der Waals surface area contributed by atoms with Gasteiger partial charge >= 0.3 is 0 Å². The van der Waals surface area contributed by atoms with Gasteiger partial charge in [-0.3, -0.25) is 4.79 Å². The molecule has 3 rings (SSSR count). The van der Waals surface area contributed by atoms with Crippen molar-refractivity contribution in [2.45, 2.75) is 19.6 Å². The Kier molecular flexibility index (Phi) is 7.25. The van der Waals surface area contributed by atoms with Crippen LogP contribution in [-0.4, -0.2) is 19.0 Å². The second-order valence-corrected chi connectivity index (χ2v) is 5.85. The first-order valence-corrected chi connectivity index (χ1v) is 8.03. The monoisotopic (exact) mass is 346 g/mol. The summed E-state index contributed by atoms with van der Waals surface area (Å²) in [5, 5.41) is 6.18. The van der Waals surface area contributed by atoms with Crippen molar-refractivity contribution in [3.05, 3.63) is 65.7 Å². The Hall–Kier alpha value is -1.88. The van der Waals surface area contributed by atoms with Crippen LogP contribution in [0.15, 0.2) is 54.6 Å². The molecule has 1 aliphatic heterocycles. The van der Waals surface area contributed by atoms with E-state index in [0.29, 0.717) is 13.2 Å². The molecule has 1 fully saturated rings. The number of hydrogen-bond donors (Lipinski definition) is 2. The van der Waals surface area contributed by atoms with Crippen LogP contribution in [0.3, 0.4) is 0 Å². The fourth-order valence-electron chi connectivity index (χ4n) is 2.67. The number of ether oxygens (including phenoxy) is 1. The Bertz CT molecular complexity index is 626. The van der Waals surface area contributed by atoms with Crippen molar-refractivity contribution in [2.75, 3.05) is 18.4 Å². The van der Waals surface area contributed by atoms with Gasteiger partial charge in [-0.05, 0) is 36.2 Å². The maximum atomic E-state index is 12.1. The number of benzene rings is 2. The summed E-state index contributed by atoms with van der Waals surface area (Å²) in [6.07, 6.45) is 0.914. The van der Waals surface area contributed by atoms with E-state index >= 15 is 0 Å². The molecule has 5 heteroatoms. The molecule has 128 valence electrons. The van der Waals surface area contributed by atoms with Gasteiger partial charge in [0.1, 0.15) is 0 Å². The molecule has 0 aliphatic carbocycles. The number of hydrogen-bond acceptors (Lipinski definition) is 3. The summed E-state index contributed by atoms with van der Waals surface area (Å²) in [7, 11) is 0. The summed E-state index contributed by atoms with van der Waals surface area (Å²) < 4.78 is 5.71. The molecular formula is C19H23ClN2O2. The molecule has 24 heavy (non-hydrogen) atoms. The van der Waals surface area contributed by atoms with Crippen LogP contribution in [0.25, 0.3) is 0 Å². The summed E-state index contributed by atoms with van der Waals surface area (Å²) in [5.74, 6) is 0.187. The minimum absolute atomic E-state index is 0. The van der Waals surface area contributed by atoms with E-state index < -0.39 is 0 Å². The van der Waals surface area contributed by atoms with Crippen molar-refractivity contribution >= 4 is 24.0 Å². The molecule has 0 bridgehead atoms. The maximum Gasteiger partial charge on any atom is 0.228 e. The Morgan fingerprint density at radius 2 is 1.71 bits per heavy atom. The van der Waals surface area contributed by atoms with Crippen LogP contribution in [0.2, 0.25) is 0 Å². The summed E-state index contributed by atoms with van der Waals surface area (Å²) in [5.41, 5.74) is 3.11. The van der Waals surface area contributed by atoms with E-state index in [4.69, 9.17) is 4.74 Å². The second kappa shape index (κ2) is 9.42. The molecular weight excluding hydrogens is 324 g/mol. The highest BCUT2D eigenvalue weighted by molar-refractivity contribution is 5.92. The Morgan fingerprint density at radius 3 is 2.33 bits per heavy atom. The van der Waals surface area contributed by atoms with Gasteiger partial charge in [0, 0.05) is 12.2 Å². The zero-order valence-corrected chi connectivity index (χ0v) is 14.4. The zero-order chi connectivity index (χ0) is 15.9. The van der Waals surface area contributed by atoms with E-state index in [1.807, 2.05) is 42.5 Å². The molecule has 0 saturated carbocycles. The third-order valence-corrected chi connectivity index (χ3v) is 4.03. The summed E-state index contributed by atoms with van der Waals surface area (Å²) in [6.45, 7) is 2.87. The van der Waals surface area contributed by atoms with Gasteiger partial charge in [0.05, 0.1) is 19.1 Å². The van der Waals surface area contributed by atoms with Crippen molar-refractivity contribution in [3.8, 4) is 0 Å². The summed E-state index contributed by atoms with van der Waals surface area (Å²) in [6, 6.07) is 18.0. The number of nitrogens with one attached hydrogen (secondary N) is 2. The lowest BCUT2D eigenvalue weighted by atomic mass is 10.1. The van der Waals surface area contributed by atoms with E-state index in [1.165, 1.54) is 5.56 Å². The average Bonchev–Trinajstić information content (AvgIpc) is 3.12. The second-order valence-electron chi connectivity index (χ2n) is 5.85. The van der Waals surface area contributed by atoms with Gasteiger partial charge in [0.2, 0.25) is 5.91 Å². The van der Waals surface area contributed by atoms with Crippen LogP contribution < -0.4 is 10.6 Å². The van der Waals surface area contributed by atoms with Crippen molar-refractivity contribution in [3.63, 3.8) is 0 Å². The fraction of sp³-hybridized carbons (Fsp3) is 0.316. The predicted octanol–water partition coefficient (Wildman–Crippen LogP) is 3.37. The molecule has 1 atom stereocenters. The molecule has 1 unspecified atom stereocenters. The number of anilines is 1. The molecule has 1 heterocycles. The molecule has 4 nitrogen and oxygen atoms in total. The number of carbonyl (C=O) groups is 1. The van der Waals surface area contributed by atoms with Gasteiger partial charge in [-0.15, -0.1) is 12.4 Å². The third kappa shape index (κ3) is 5.34. The van der Waals surface area contributed by atoms with Gasteiger partial charge in [0.25, 0.3) is 0 Å². The number of carbonyl (C=O) groups excluding carboxylic acids is 1. The van der Waals surface area contributed by atoms with Crippen LogP contribution in [0.1, 0.15) is 17.5 Å². The predicted molar refractivity (Wildman–Crippen MR) is 98.2 cm³/mol. The van der Waals surface area contributed by atoms with E-state index in [1.54, 1.807) is 0 Å². The SMILES string of the molecule is Cl.O=C(Nc1ccc(COCc2ccccc2)cc1)C1CCNC1. The minimum atomic E-state index is 0. The molecule has 0 radical (unpaired) electrons. The minimum Gasteiger partial charge on any atom is -0.372 e. The van der Waals surface area contributed by atoms with Crippen LogP contribution in [0.4, 0.5) is 5.69 Å². The topological polar surface area (TPSA) is 50.4 Å². The molecule has 0 aromatic heterocycles. The highest BCUT2D eigenvalue weighted by Gasteiger charge is 2.22. The number of amides is 1. The lowest BCUT2D eigenvalue weighted by Crippen LogP contribution is -2.24. The quantitative estimate of drug-likeness (QED) is 0.843. The normalized spacial score (nSPS) is 16.4. The van der Waals surface area contributed by atoms with Crippen LogP contribution in [-0.2, 0) is 22.7 Å². The smallest absolute Gasteiger partial charge is 0.228 e. The first-order valence-electron chi connectivity index (χ1n) is 8.03. The van der Waals surface area contributed by atoms with Crippen molar-refractivity contribution in [1.82, 2.24) is 5.32 Å². The summed E-state index contributed by atoms with van der Waals surface area (Å²) >= 11 is 0. The Morgan fingerprint density at radius 1 is 1.04 bits per heavy atom. The van der Waals surface area contributed by atoms with Gasteiger partial charge < -0.3 is 15.4 Å². The first kappa shape index (κ1) is 18.5. The molecule has 1 amide bonds. The highest BCUT2D eigenvalue weighted by Crippen LogP contribution is 2.15. The fourth-order valence-corrected chi connectivity index (χ4v) is 2.67. The highest BCUT2D eigenvalue weighted by atomic mass is 35.5. The van der Waals surface area contributed by atoms with Crippen molar-refractivity contribution < 1.29 is 9.53 Å². The van der Waals surface area contributed by atoms with Crippen LogP contribution >= 0.6 is 12.4 Å². The van der Waals surface area contributed by atoms with Crippen molar-refractivity contribution in [1.29, 1.82) is 0 Å². The van der Waals surface area contributed by atoms with E-state index in [2.05, 4.69) is 22.8 Å². The lowest BCUT2D eigenvalue weighted by molar-refractivity contribution is -0.119. The van der Waals surface area contributed by atoms with Gasteiger partial charge in [0.15, 0.2) is 0 Å². The Balaban J connectivity index is 0.00000208. The van der Waals surface area contributed by atoms with Crippen LogP contribution in [0.5, 0.6) is 0 Å². The molecule has 1 saturated heterocycles. The van der Waals surface area contributed by atoms with E-state index in [0.717, 1.165) is 30.8 Å². The molecule has 2 aromatic carbocycles. The Labute approximate surface area is 149 Å². The molecule has 1 aliphatic rings. The van der Waals surface area contributed by atoms with Gasteiger partial charge in [-0.1, -0.05) is 42.5 Å². The molecule has 0 spiro atoms. The van der Waals surface area contributed by atoms with Gasteiger partial charge in [-0.25, -0.2) is 0 Å². The van der Waals surface area contributed by atoms with E-state index in [9.17, 15) is 4.79 Å². The number of halogens is 1. The average molecular weight is 347 g/mol. The van der Waals surface area contributed by atoms with Gasteiger partial charge in [-0.2, -0.15) is 0 Å². The maximum absolute atomic E-state index is 12.1. The summed E-state index contributed by atoms with van der Waals surface area (Å²) in [4.78, 5) is 12.1. The standard InChI is InChI=1S/C19H22N2O2.ClH/c22-19(17-10-11-20-12-17)21-18-8-6-16(7-9-18)14-23-13-15-4-2-1-3-5-15;/h1-9,17,20H,10-14H2,(H,21,22);1H. The van der Waals surface area contributed by atoms with Crippen molar-refractivity contribution in [2.24, 2.45) is 5.92 Å². The first-order chi connectivity index (χ1) is 11.3. The third-order valence-electron chi connectivity index (χ3n) is 4.03. The van der Waals surface area contributed by atoms with E-state index in [-0.39, 0.29) is 24.2 Å². The zero-order valence-electron chi connectivity index (χ0n) is 13.5. The largest absolute Gasteiger partial charge is 0.372 e. The lowest BCUT2D eigenvalue weighted by Gasteiger charge is -2.10. The molecule has 2 aromatic rings.